The average Bonchev–Trinajstić information content (AvgIpc) is 2.81. The van der Waals surface area contributed by atoms with Crippen molar-refractivity contribution in [3.63, 3.8) is 0 Å². The highest BCUT2D eigenvalue weighted by atomic mass is 35.5. The van der Waals surface area contributed by atoms with E-state index >= 15 is 0 Å². The molecule has 0 saturated carbocycles. The first-order valence-electron chi connectivity index (χ1n) is 4.86. The third kappa shape index (κ3) is 3.50. The molecule has 17 heavy (non-hydrogen) atoms. The van der Waals surface area contributed by atoms with E-state index in [1.165, 1.54) is 7.11 Å². The van der Waals surface area contributed by atoms with Gasteiger partial charge in [0.05, 0.1) is 12.1 Å². The second-order valence-electron chi connectivity index (χ2n) is 3.02. The van der Waals surface area contributed by atoms with E-state index in [4.69, 9.17) is 16.3 Å². The van der Waals surface area contributed by atoms with Gasteiger partial charge in [0.15, 0.2) is 0 Å². The van der Waals surface area contributed by atoms with Gasteiger partial charge in [0.2, 0.25) is 11.2 Å². The Morgan fingerprint density at radius 3 is 3.00 bits per heavy atom. The normalized spacial score (nSPS) is 10.2. The van der Waals surface area contributed by atoms with Gasteiger partial charge in [-0.05, 0) is 11.6 Å². The molecule has 0 aliphatic rings. The fourth-order valence-electron chi connectivity index (χ4n) is 1.16. The third-order valence-electron chi connectivity index (χ3n) is 1.88. The Bertz CT molecular complexity index is 478. The molecule has 0 saturated heterocycles. The quantitative estimate of drug-likeness (QED) is 0.891. The van der Waals surface area contributed by atoms with Crippen LogP contribution in [0.4, 0.5) is 5.95 Å². The maximum absolute atomic E-state index is 5.71. The van der Waals surface area contributed by atoms with Crippen molar-refractivity contribution in [1.29, 1.82) is 0 Å². The summed E-state index contributed by atoms with van der Waals surface area (Å²) in [6.07, 6.45) is 2.59. The number of anilines is 1. The van der Waals surface area contributed by atoms with E-state index in [9.17, 15) is 0 Å². The van der Waals surface area contributed by atoms with E-state index in [0.717, 1.165) is 11.4 Å². The first-order valence-corrected chi connectivity index (χ1v) is 6.11. The van der Waals surface area contributed by atoms with Crippen LogP contribution in [-0.2, 0) is 6.42 Å². The summed E-state index contributed by atoms with van der Waals surface area (Å²) in [7, 11) is 1.48. The maximum atomic E-state index is 5.71. The molecular formula is C9H10ClN5OS. The number of hydrogen-bond acceptors (Lipinski definition) is 7. The minimum atomic E-state index is 0.105. The van der Waals surface area contributed by atoms with Crippen LogP contribution in [0.5, 0.6) is 6.01 Å². The van der Waals surface area contributed by atoms with Gasteiger partial charge in [0, 0.05) is 24.5 Å². The van der Waals surface area contributed by atoms with Gasteiger partial charge in [-0.1, -0.05) is 0 Å². The first kappa shape index (κ1) is 12.0. The van der Waals surface area contributed by atoms with Crippen LogP contribution in [0.3, 0.4) is 0 Å². The van der Waals surface area contributed by atoms with Crippen LogP contribution in [0.15, 0.2) is 11.6 Å². The van der Waals surface area contributed by atoms with Crippen LogP contribution < -0.4 is 10.1 Å². The lowest BCUT2D eigenvalue weighted by molar-refractivity contribution is 0.379. The molecule has 1 N–H and O–H groups in total. The van der Waals surface area contributed by atoms with Crippen LogP contribution in [-0.4, -0.2) is 33.6 Å². The Morgan fingerprint density at radius 1 is 1.41 bits per heavy atom. The van der Waals surface area contributed by atoms with Crippen LogP contribution in [0.1, 0.15) is 5.01 Å². The summed E-state index contributed by atoms with van der Waals surface area (Å²) < 4.78 is 4.89. The summed E-state index contributed by atoms with van der Waals surface area (Å²) in [5, 5.41) is 6.15. The van der Waals surface area contributed by atoms with Crippen LogP contribution in [0, 0.1) is 0 Å². The highest BCUT2D eigenvalue weighted by molar-refractivity contribution is 7.09. The zero-order valence-corrected chi connectivity index (χ0v) is 10.6. The van der Waals surface area contributed by atoms with Gasteiger partial charge in [-0.3, -0.25) is 0 Å². The number of ether oxygens (including phenoxy) is 1. The zero-order chi connectivity index (χ0) is 12.1. The van der Waals surface area contributed by atoms with E-state index in [1.54, 1.807) is 17.5 Å². The predicted octanol–water partition coefficient (Wildman–Crippen LogP) is 1.64. The van der Waals surface area contributed by atoms with E-state index in [0.29, 0.717) is 12.5 Å². The molecule has 6 nitrogen and oxygen atoms in total. The smallest absolute Gasteiger partial charge is 0.322 e. The van der Waals surface area contributed by atoms with E-state index < -0.39 is 0 Å². The van der Waals surface area contributed by atoms with Crippen LogP contribution in [0.2, 0.25) is 5.28 Å². The van der Waals surface area contributed by atoms with Crippen LogP contribution in [0.25, 0.3) is 0 Å². The molecular weight excluding hydrogens is 262 g/mol. The Morgan fingerprint density at radius 2 is 2.29 bits per heavy atom. The number of methoxy groups -OCH3 is 1. The largest absolute Gasteiger partial charge is 0.467 e. The summed E-state index contributed by atoms with van der Waals surface area (Å²) in [5.74, 6) is 0.401. The van der Waals surface area contributed by atoms with Gasteiger partial charge in [-0.15, -0.1) is 11.3 Å². The second kappa shape index (κ2) is 5.74. The first-order chi connectivity index (χ1) is 8.28. The van der Waals surface area contributed by atoms with Gasteiger partial charge >= 0.3 is 6.01 Å². The van der Waals surface area contributed by atoms with Gasteiger partial charge < -0.3 is 10.1 Å². The summed E-state index contributed by atoms with van der Waals surface area (Å²) in [6.45, 7) is 0.678. The fraction of sp³-hybridized carbons (Fsp3) is 0.333. The van der Waals surface area contributed by atoms with E-state index in [2.05, 4.69) is 25.3 Å². The maximum Gasteiger partial charge on any atom is 0.322 e. The van der Waals surface area contributed by atoms with Crippen molar-refractivity contribution in [2.75, 3.05) is 19.0 Å². The highest BCUT2D eigenvalue weighted by Gasteiger charge is 2.04. The molecule has 2 aromatic rings. The summed E-state index contributed by atoms with van der Waals surface area (Å²) in [6, 6.07) is 0.196. The van der Waals surface area contributed by atoms with E-state index in [1.807, 2.05) is 5.38 Å². The topological polar surface area (TPSA) is 72.8 Å². The van der Waals surface area contributed by atoms with Gasteiger partial charge in [0.25, 0.3) is 0 Å². The van der Waals surface area contributed by atoms with Gasteiger partial charge in [0.1, 0.15) is 0 Å². The highest BCUT2D eigenvalue weighted by Crippen LogP contribution is 2.11. The Hall–Kier alpha value is -1.47. The molecule has 0 amide bonds. The number of rotatable bonds is 5. The number of nitrogens with zero attached hydrogens (tertiary/aromatic N) is 4. The lowest BCUT2D eigenvalue weighted by atomic mass is 10.4. The van der Waals surface area contributed by atoms with Crippen molar-refractivity contribution in [3.05, 3.63) is 21.9 Å². The van der Waals surface area contributed by atoms with Crippen molar-refractivity contribution in [3.8, 4) is 6.01 Å². The third-order valence-corrected chi connectivity index (χ3v) is 2.88. The summed E-state index contributed by atoms with van der Waals surface area (Å²) in [5.41, 5.74) is 0. The zero-order valence-electron chi connectivity index (χ0n) is 9.05. The lowest BCUT2D eigenvalue weighted by Crippen LogP contribution is -2.09. The fourth-order valence-corrected chi connectivity index (χ4v) is 1.93. The Kier molecular flexibility index (Phi) is 4.05. The van der Waals surface area contributed by atoms with Crippen molar-refractivity contribution in [1.82, 2.24) is 19.9 Å². The summed E-state index contributed by atoms with van der Waals surface area (Å²) >= 11 is 7.33. The molecule has 0 aromatic carbocycles. The molecule has 0 fully saturated rings. The standard InChI is InChI=1S/C9H10ClN5OS/c1-16-9-14-7(10)13-8(15-9)12-3-2-6-11-4-5-17-6/h4-5H,2-3H2,1H3,(H,12,13,14,15). The molecule has 2 aromatic heterocycles. The van der Waals surface area contributed by atoms with Crippen molar-refractivity contribution >= 4 is 28.9 Å². The minimum absolute atomic E-state index is 0.105. The molecule has 90 valence electrons. The monoisotopic (exact) mass is 271 g/mol. The summed E-state index contributed by atoms with van der Waals surface area (Å²) in [4.78, 5) is 15.9. The van der Waals surface area contributed by atoms with Crippen molar-refractivity contribution in [2.24, 2.45) is 0 Å². The van der Waals surface area contributed by atoms with Crippen LogP contribution >= 0.6 is 22.9 Å². The molecule has 2 heterocycles. The molecule has 0 radical (unpaired) electrons. The molecule has 8 heteroatoms. The Balaban J connectivity index is 1.92. The SMILES string of the molecule is COc1nc(Cl)nc(NCCc2nccs2)n1. The molecule has 0 spiro atoms. The van der Waals surface area contributed by atoms with E-state index in [-0.39, 0.29) is 11.3 Å². The number of aromatic nitrogens is 4. The second-order valence-corrected chi connectivity index (χ2v) is 4.33. The van der Waals surface area contributed by atoms with Crippen molar-refractivity contribution in [2.45, 2.75) is 6.42 Å². The number of thiazole rings is 1. The number of nitrogens with one attached hydrogen (secondary N) is 1. The molecule has 0 aliphatic carbocycles. The molecule has 0 bridgehead atoms. The minimum Gasteiger partial charge on any atom is -0.467 e. The van der Waals surface area contributed by atoms with Gasteiger partial charge in [-0.2, -0.15) is 15.0 Å². The molecule has 0 unspecified atom stereocenters. The average molecular weight is 272 g/mol. The Labute approximate surface area is 107 Å². The van der Waals surface area contributed by atoms with Gasteiger partial charge in [-0.25, -0.2) is 4.98 Å². The number of halogens is 1. The van der Waals surface area contributed by atoms with Crippen molar-refractivity contribution < 1.29 is 4.74 Å². The number of hydrogen-bond donors (Lipinski definition) is 1. The predicted molar refractivity (Wildman–Crippen MR) is 65.7 cm³/mol. The molecule has 0 atom stereocenters. The molecule has 0 aliphatic heterocycles. The lowest BCUT2D eigenvalue weighted by Gasteiger charge is -2.04. The molecule has 2 rings (SSSR count).